The Morgan fingerprint density at radius 2 is 1.66 bits per heavy atom. The molecule has 0 aromatic rings. The van der Waals surface area contributed by atoms with Crippen LogP contribution in [0.25, 0.3) is 0 Å². The molecule has 0 amide bonds. The smallest absolute Gasteiger partial charge is 0.151 e. The molecule has 29 heavy (non-hydrogen) atoms. The molecule has 2 aliphatic carbocycles. The van der Waals surface area contributed by atoms with Crippen molar-refractivity contribution in [2.75, 3.05) is 6.61 Å². The van der Waals surface area contributed by atoms with E-state index < -0.39 is 12.4 Å². The van der Waals surface area contributed by atoms with Crippen LogP contribution in [0.15, 0.2) is 34.4 Å². The van der Waals surface area contributed by atoms with Gasteiger partial charge in [0.1, 0.15) is 0 Å². The fraction of sp³-hybridized carbons (Fsp3) is 0.769. The van der Waals surface area contributed by atoms with E-state index in [0.717, 1.165) is 0 Å². The molecule has 0 bridgehead atoms. The normalized spacial score (nSPS) is 31.6. The van der Waals surface area contributed by atoms with Crippen LogP contribution in [-0.4, -0.2) is 29.2 Å². The van der Waals surface area contributed by atoms with Crippen molar-refractivity contribution in [3.05, 3.63) is 34.4 Å². The summed E-state index contributed by atoms with van der Waals surface area (Å²) < 4.78 is 5.53. The van der Waals surface area contributed by atoms with Crippen LogP contribution in [0.5, 0.6) is 0 Å². The summed E-state index contributed by atoms with van der Waals surface area (Å²) in [5, 5.41) is 20.4. The van der Waals surface area contributed by atoms with Crippen molar-refractivity contribution in [1.82, 2.24) is 0 Å². The van der Waals surface area contributed by atoms with E-state index in [1.54, 1.807) is 6.92 Å². The SMILES string of the molecule is CC1C=C(C(C)C2=C(C(C)O)C(C)(C)C=C(C(C)COC(C)O)C2C)C(C)CC1. The fourth-order valence-corrected chi connectivity index (χ4v) is 5.75. The zero-order chi connectivity index (χ0) is 22.1. The zero-order valence-electron chi connectivity index (χ0n) is 20.1. The summed E-state index contributed by atoms with van der Waals surface area (Å²) in [5.74, 6) is 2.00. The molecule has 2 aliphatic rings. The van der Waals surface area contributed by atoms with Crippen LogP contribution in [0.2, 0.25) is 0 Å². The molecule has 7 atom stereocenters. The lowest BCUT2D eigenvalue weighted by molar-refractivity contribution is -0.0923. The topological polar surface area (TPSA) is 49.7 Å². The van der Waals surface area contributed by atoms with Gasteiger partial charge >= 0.3 is 0 Å². The van der Waals surface area contributed by atoms with E-state index in [1.807, 2.05) is 6.92 Å². The Morgan fingerprint density at radius 1 is 1.03 bits per heavy atom. The lowest BCUT2D eigenvalue weighted by atomic mass is 9.62. The molecule has 0 aromatic heterocycles. The fourth-order valence-electron chi connectivity index (χ4n) is 5.75. The van der Waals surface area contributed by atoms with Gasteiger partial charge in [-0.1, -0.05) is 77.3 Å². The van der Waals surface area contributed by atoms with E-state index in [2.05, 4.69) is 60.6 Å². The summed E-state index contributed by atoms with van der Waals surface area (Å²) in [5.41, 5.74) is 5.26. The summed E-state index contributed by atoms with van der Waals surface area (Å²) in [6, 6.07) is 0. The molecule has 0 radical (unpaired) electrons. The predicted octanol–water partition coefficient (Wildman–Crippen LogP) is 5.89. The third kappa shape index (κ3) is 5.42. The summed E-state index contributed by atoms with van der Waals surface area (Å²) >= 11 is 0. The van der Waals surface area contributed by atoms with Crippen LogP contribution in [0, 0.1) is 35.0 Å². The average Bonchev–Trinajstić information content (AvgIpc) is 2.61. The summed E-state index contributed by atoms with van der Waals surface area (Å²) in [7, 11) is 0. The maximum Gasteiger partial charge on any atom is 0.151 e. The van der Waals surface area contributed by atoms with Crippen molar-refractivity contribution in [2.24, 2.45) is 35.0 Å². The number of aliphatic hydroxyl groups excluding tert-OH is 2. The van der Waals surface area contributed by atoms with E-state index in [9.17, 15) is 10.2 Å². The van der Waals surface area contributed by atoms with Gasteiger partial charge in [0.25, 0.3) is 0 Å². The van der Waals surface area contributed by atoms with Crippen LogP contribution in [0.3, 0.4) is 0 Å². The van der Waals surface area contributed by atoms with Gasteiger partial charge in [-0.3, -0.25) is 0 Å². The molecule has 2 rings (SSSR count). The quantitative estimate of drug-likeness (QED) is 0.411. The molecule has 0 saturated heterocycles. The van der Waals surface area contributed by atoms with E-state index >= 15 is 0 Å². The van der Waals surface area contributed by atoms with Gasteiger partial charge in [-0.25, -0.2) is 0 Å². The minimum Gasteiger partial charge on any atom is -0.389 e. The molecular formula is C26H44O3. The molecule has 166 valence electrons. The Kier molecular flexibility index (Phi) is 7.98. The van der Waals surface area contributed by atoms with Crippen molar-refractivity contribution < 1.29 is 14.9 Å². The first-order valence-electron chi connectivity index (χ1n) is 11.5. The monoisotopic (exact) mass is 404 g/mol. The van der Waals surface area contributed by atoms with Crippen molar-refractivity contribution in [3.8, 4) is 0 Å². The van der Waals surface area contributed by atoms with Crippen molar-refractivity contribution in [1.29, 1.82) is 0 Å². The highest BCUT2D eigenvalue weighted by molar-refractivity contribution is 5.44. The van der Waals surface area contributed by atoms with Crippen LogP contribution < -0.4 is 0 Å². The molecule has 0 fully saturated rings. The summed E-state index contributed by atoms with van der Waals surface area (Å²) in [6.45, 7) is 20.0. The lowest BCUT2D eigenvalue weighted by Crippen LogP contribution is -2.35. The number of hydrogen-bond acceptors (Lipinski definition) is 3. The molecule has 0 aromatic carbocycles. The van der Waals surface area contributed by atoms with Gasteiger partial charge < -0.3 is 14.9 Å². The van der Waals surface area contributed by atoms with E-state index in [0.29, 0.717) is 24.4 Å². The number of hydrogen-bond donors (Lipinski definition) is 2. The van der Waals surface area contributed by atoms with Gasteiger partial charge in [-0.2, -0.15) is 0 Å². The second kappa shape index (κ2) is 9.49. The molecule has 0 spiro atoms. The third-order valence-corrected chi connectivity index (χ3v) is 7.14. The third-order valence-electron chi connectivity index (χ3n) is 7.14. The molecule has 0 saturated carbocycles. The standard InChI is InChI=1S/C26H44O3/c1-15-10-11-16(2)22(12-15)18(4)24-19(5)23(17(3)14-29-21(7)28)13-26(8,9)25(24)20(6)27/h12-13,15-21,27-28H,10-11,14H2,1-9H3. The summed E-state index contributed by atoms with van der Waals surface area (Å²) in [6.07, 6.45) is 6.12. The average molecular weight is 405 g/mol. The van der Waals surface area contributed by atoms with Gasteiger partial charge in [0.05, 0.1) is 12.7 Å². The Balaban J connectivity index is 2.50. The molecule has 2 N–H and O–H groups in total. The Bertz CT molecular complexity index is 665. The predicted molar refractivity (Wildman–Crippen MR) is 121 cm³/mol. The number of aliphatic hydroxyl groups is 2. The molecular weight excluding hydrogens is 360 g/mol. The number of allylic oxidation sites excluding steroid dienone is 4. The van der Waals surface area contributed by atoms with Gasteiger partial charge in [0.15, 0.2) is 6.29 Å². The number of ether oxygens (including phenoxy) is 1. The molecule has 0 aliphatic heterocycles. The van der Waals surface area contributed by atoms with E-state index in [1.165, 1.54) is 35.1 Å². The van der Waals surface area contributed by atoms with E-state index in [4.69, 9.17) is 4.74 Å². The van der Waals surface area contributed by atoms with Crippen LogP contribution in [0.4, 0.5) is 0 Å². The van der Waals surface area contributed by atoms with Crippen LogP contribution in [-0.2, 0) is 4.74 Å². The number of rotatable bonds is 7. The van der Waals surface area contributed by atoms with Crippen LogP contribution >= 0.6 is 0 Å². The zero-order valence-corrected chi connectivity index (χ0v) is 20.1. The maximum absolute atomic E-state index is 10.8. The van der Waals surface area contributed by atoms with Gasteiger partial charge in [-0.05, 0) is 55.9 Å². The Hall–Kier alpha value is -0.900. The van der Waals surface area contributed by atoms with Crippen molar-refractivity contribution in [2.45, 2.75) is 87.5 Å². The van der Waals surface area contributed by atoms with Crippen LogP contribution in [0.1, 0.15) is 75.2 Å². The molecule has 3 heteroatoms. The summed E-state index contributed by atoms with van der Waals surface area (Å²) in [4.78, 5) is 0. The molecule has 3 nitrogen and oxygen atoms in total. The van der Waals surface area contributed by atoms with Gasteiger partial charge in [0, 0.05) is 11.3 Å². The van der Waals surface area contributed by atoms with E-state index in [-0.39, 0.29) is 17.3 Å². The first kappa shape index (κ1) is 24.4. The minimum atomic E-state index is -0.748. The first-order chi connectivity index (χ1) is 13.4. The molecule has 7 unspecified atom stereocenters. The second-order valence-electron chi connectivity index (χ2n) is 10.3. The highest BCUT2D eigenvalue weighted by atomic mass is 16.6. The Morgan fingerprint density at radius 3 is 2.21 bits per heavy atom. The molecule has 0 heterocycles. The first-order valence-corrected chi connectivity index (χ1v) is 11.5. The van der Waals surface area contributed by atoms with Crippen molar-refractivity contribution >= 4 is 0 Å². The largest absolute Gasteiger partial charge is 0.389 e. The van der Waals surface area contributed by atoms with Gasteiger partial charge in [0.2, 0.25) is 0 Å². The Labute approximate surface area is 178 Å². The lowest BCUT2D eigenvalue weighted by Gasteiger charge is -2.44. The second-order valence-corrected chi connectivity index (χ2v) is 10.3. The van der Waals surface area contributed by atoms with Gasteiger partial charge in [-0.15, -0.1) is 0 Å². The maximum atomic E-state index is 10.8. The van der Waals surface area contributed by atoms with Crippen molar-refractivity contribution in [3.63, 3.8) is 0 Å². The highest BCUT2D eigenvalue weighted by Crippen LogP contribution is 2.50. The highest BCUT2D eigenvalue weighted by Gasteiger charge is 2.40. The minimum absolute atomic E-state index is 0.206.